The van der Waals surface area contributed by atoms with E-state index in [1.807, 2.05) is 0 Å². The highest BCUT2D eigenvalue weighted by Crippen LogP contribution is 2.27. The maximum Gasteiger partial charge on any atom is 0.185 e. The number of benzene rings is 2. The normalized spacial score (nSPS) is 10.6. The van der Waals surface area contributed by atoms with Gasteiger partial charge in [0, 0.05) is 12.6 Å². The van der Waals surface area contributed by atoms with Crippen LogP contribution in [-0.4, -0.2) is 10.2 Å². The summed E-state index contributed by atoms with van der Waals surface area (Å²) in [5.41, 5.74) is -0.584. The molecule has 7 heteroatoms. The highest BCUT2D eigenvalue weighted by molar-refractivity contribution is 5.48. The third-order valence-electron chi connectivity index (χ3n) is 2.62. The van der Waals surface area contributed by atoms with Crippen LogP contribution in [0, 0.1) is 23.3 Å². The zero-order valence-corrected chi connectivity index (χ0v) is 9.92. The fourth-order valence-electron chi connectivity index (χ4n) is 1.60. The smallest absolute Gasteiger partial charge is 0.185 e. The largest absolute Gasteiger partial charge is 0.504 e. The fraction of sp³-hybridized carbons (Fsp3) is 0.0769. The third kappa shape index (κ3) is 2.61. The summed E-state index contributed by atoms with van der Waals surface area (Å²) >= 11 is 0. The lowest BCUT2D eigenvalue weighted by Crippen LogP contribution is -2.07. The SMILES string of the molecule is Oc1ccc(CNc2c(F)c(F)cc(F)c2F)cc1O. The molecule has 20 heavy (non-hydrogen) atoms. The second kappa shape index (κ2) is 5.28. The zero-order valence-electron chi connectivity index (χ0n) is 9.92. The summed E-state index contributed by atoms with van der Waals surface area (Å²) < 4.78 is 52.6. The number of hydrogen-bond acceptors (Lipinski definition) is 3. The van der Waals surface area contributed by atoms with Crippen molar-refractivity contribution in [2.45, 2.75) is 6.54 Å². The van der Waals surface area contributed by atoms with Crippen molar-refractivity contribution in [2.24, 2.45) is 0 Å². The van der Waals surface area contributed by atoms with Crippen LogP contribution in [0.5, 0.6) is 11.5 Å². The van der Waals surface area contributed by atoms with Crippen LogP contribution in [0.3, 0.4) is 0 Å². The molecular weight excluding hydrogens is 278 g/mol. The van der Waals surface area contributed by atoms with E-state index in [1.54, 1.807) is 0 Å². The van der Waals surface area contributed by atoms with Crippen molar-refractivity contribution in [3.8, 4) is 11.5 Å². The lowest BCUT2D eigenvalue weighted by Gasteiger charge is -2.10. The fourth-order valence-corrected chi connectivity index (χ4v) is 1.60. The molecule has 3 nitrogen and oxygen atoms in total. The quantitative estimate of drug-likeness (QED) is 0.461. The predicted molar refractivity (Wildman–Crippen MR) is 63.4 cm³/mol. The second-order valence-electron chi connectivity index (χ2n) is 4.02. The second-order valence-corrected chi connectivity index (χ2v) is 4.02. The zero-order chi connectivity index (χ0) is 14.9. The van der Waals surface area contributed by atoms with E-state index in [2.05, 4.69) is 5.32 Å². The minimum Gasteiger partial charge on any atom is -0.504 e. The summed E-state index contributed by atoms with van der Waals surface area (Å²) in [5.74, 6) is -6.88. The van der Waals surface area contributed by atoms with Crippen LogP contribution in [-0.2, 0) is 6.54 Å². The van der Waals surface area contributed by atoms with Gasteiger partial charge < -0.3 is 15.5 Å². The van der Waals surface area contributed by atoms with E-state index < -0.39 is 34.7 Å². The van der Waals surface area contributed by atoms with Crippen LogP contribution in [0.4, 0.5) is 23.2 Å². The topological polar surface area (TPSA) is 52.5 Å². The highest BCUT2D eigenvalue weighted by Gasteiger charge is 2.18. The van der Waals surface area contributed by atoms with Gasteiger partial charge in [0.2, 0.25) is 0 Å². The van der Waals surface area contributed by atoms with E-state index in [4.69, 9.17) is 5.11 Å². The Bertz CT molecular complexity index is 635. The molecule has 0 atom stereocenters. The Morgan fingerprint density at radius 3 is 2.00 bits per heavy atom. The number of halogens is 4. The van der Waals surface area contributed by atoms with E-state index in [-0.39, 0.29) is 18.4 Å². The molecule has 0 saturated carbocycles. The summed E-state index contributed by atoms with van der Waals surface area (Å²) in [6.07, 6.45) is 0. The van der Waals surface area contributed by atoms with Crippen molar-refractivity contribution in [1.82, 2.24) is 0 Å². The Morgan fingerprint density at radius 1 is 0.850 bits per heavy atom. The Hall–Kier alpha value is -2.44. The molecule has 0 unspecified atom stereocenters. The van der Waals surface area contributed by atoms with Crippen LogP contribution in [0.25, 0.3) is 0 Å². The molecule has 0 heterocycles. The molecule has 2 rings (SSSR count). The molecule has 0 aliphatic rings. The first-order chi connectivity index (χ1) is 9.40. The number of rotatable bonds is 3. The lowest BCUT2D eigenvalue weighted by molar-refractivity contribution is 0.403. The molecule has 3 N–H and O–H groups in total. The number of phenolic OH excluding ortho intramolecular Hbond substituents is 2. The van der Waals surface area contributed by atoms with Gasteiger partial charge in [-0.05, 0) is 17.7 Å². The van der Waals surface area contributed by atoms with E-state index in [0.29, 0.717) is 5.56 Å². The van der Waals surface area contributed by atoms with Gasteiger partial charge in [-0.3, -0.25) is 0 Å². The van der Waals surface area contributed by atoms with Crippen molar-refractivity contribution >= 4 is 5.69 Å². The van der Waals surface area contributed by atoms with Crippen LogP contribution in [0.15, 0.2) is 24.3 Å². The molecule has 0 saturated heterocycles. The molecular formula is C13H9F4NO2. The first-order valence-electron chi connectivity index (χ1n) is 5.48. The van der Waals surface area contributed by atoms with Gasteiger partial charge in [-0.1, -0.05) is 6.07 Å². The average Bonchev–Trinajstić information content (AvgIpc) is 2.40. The predicted octanol–water partition coefficient (Wildman–Crippen LogP) is 3.27. The van der Waals surface area contributed by atoms with Gasteiger partial charge in [-0.15, -0.1) is 0 Å². The molecule has 2 aromatic rings. The Morgan fingerprint density at radius 2 is 1.45 bits per heavy atom. The molecule has 0 spiro atoms. The third-order valence-corrected chi connectivity index (χ3v) is 2.62. The van der Waals surface area contributed by atoms with Crippen molar-refractivity contribution < 1.29 is 27.8 Å². The number of phenols is 2. The minimum absolute atomic E-state index is 0.113. The van der Waals surface area contributed by atoms with Gasteiger partial charge in [-0.25, -0.2) is 17.6 Å². The number of hydrogen-bond donors (Lipinski definition) is 3. The molecule has 0 radical (unpaired) electrons. The summed E-state index contributed by atoms with van der Waals surface area (Å²) in [5, 5.41) is 20.6. The Balaban J connectivity index is 2.25. The van der Waals surface area contributed by atoms with Gasteiger partial charge in [0.05, 0.1) is 0 Å². The summed E-state index contributed by atoms with van der Waals surface area (Å²) in [7, 11) is 0. The van der Waals surface area contributed by atoms with Crippen molar-refractivity contribution in [1.29, 1.82) is 0 Å². The molecule has 2 aromatic carbocycles. The molecule has 0 amide bonds. The van der Waals surface area contributed by atoms with Crippen molar-refractivity contribution in [3.05, 3.63) is 53.1 Å². The monoisotopic (exact) mass is 287 g/mol. The first kappa shape index (κ1) is 14.0. The van der Waals surface area contributed by atoms with Crippen LogP contribution in [0.2, 0.25) is 0 Å². The van der Waals surface area contributed by atoms with Gasteiger partial charge >= 0.3 is 0 Å². The van der Waals surface area contributed by atoms with Gasteiger partial charge in [0.1, 0.15) is 5.69 Å². The van der Waals surface area contributed by atoms with Gasteiger partial charge in [0.25, 0.3) is 0 Å². The first-order valence-corrected chi connectivity index (χ1v) is 5.48. The van der Waals surface area contributed by atoms with Crippen molar-refractivity contribution in [2.75, 3.05) is 5.32 Å². The highest BCUT2D eigenvalue weighted by atomic mass is 19.2. The van der Waals surface area contributed by atoms with Crippen LogP contribution in [0.1, 0.15) is 5.56 Å². The molecule has 0 bridgehead atoms. The average molecular weight is 287 g/mol. The molecule has 106 valence electrons. The molecule has 0 aliphatic heterocycles. The minimum atomic E-state index is -1.54. The van der Waals surface area contributed by atoms with Crippen LogP contribution >= 0.6 is 0 Å². The van der Waals surface area contributed by atoms with E-state index in [0.717, 1.165) is 6.07 Å². The number of nitrogens with one attached hydrogen (secondary N) is 1. The lowest BCUT2D eigenvalue weighted by atomic mass is 10.2. The number of aromatic hydroxyl groups is 2. The number of anilines is 1. The molecule has 0 aromatic heterocycles. The maximum absolute atomic E-state index is 13.4. The van der Waals surface area contributed by atoms with Gasteiger partial charge in [0.15, 0.2) is 34.8 Å². The van der Waals surface area contributed by atoms with Crippen LogP contribution < -0.4 is 5.32 Å². The summed E-state index contributed by atoms with van der Waals surface area (Å²) in [6, 6.07) is 3.80. The van der Waals surface area contributed by atoms with E-state index in [9.17, 15) is 22.7 Å². The Labute approximate surface area is 111 Å². The van der Waals surface area contributed by atoms with E-state index in [1.165, 1.54) is 12.1 Å². The summed E-state index contributed by atoms with van der Waals surface area (Å²) in [6.45, 7) is -0.204. The van der Waals surface area contributed by atoms with E-state index >= 15 is 0 Å². The summed E-state index contributed by atoms with van der Waals surface area (Å²) in [4.78, 5) is 0. The van der Waals surface area contributed by atoms with Gasteiger partial charge in [-0.2, -0.15) is 0 Å². The maximum atomic E-state index is 13.4. The molecule has 0 fully saturated rings. The molecule has 0 aliphatic carbocycles. The Kier molecular flexibility index (Phi) is 3.69. The standard InChI is InChI=1S/C13H9F4NO2/c14-7-4-8(15)12(17)13(11(7)16)18-5-6-1-2-9(19)10(20)3-6/h1-4,18-20H,5H2. The van der Waals surface area contributed by atoms with Crippen molar-refractivity contribution in [3.63, 3.8) is 0 Å².